The molecule has 2 fully saturated rings. The molecule has 0 aromatic carbocycles. The van der Waals surface area contributed by atoms with Crippen molar-refractivity contribution in [1.82, 2.24) is 10.2 Å². The Morgan fingerprint density at radius 1 is 1.56 bits per heavy atom. The van der Waals surface area contributed by atoms with Gasteiger partial charge in [-0.25, -0.2) is 4.79 Å². The standard InChI is InChI=1S/C12H22N2O2/c1-10-3-2-6-14(7-10)11(16)13-8-12(9-15)4-5-12/h10,15H,2-9H2,1H3,(H,13,16). The van der Waals surface area contributed by atoms with Gasteiger partial charge in [0.1, 0.15) is 0 Å². The van der Waals surface area contributed by atoms with E-state index in [9.17, 15) is 4.79 Å². The van der Waals surface area contributed by atoms with Crippen molar-refractivity contribution in [2.24, 2.45) is 11.3 Å². The Kier molecular flexibility index (Phi) is 3.38. The van der Waals surface area contributed by atoms with E-state index in [-0.39, 0.29) is 18.1 Å². The zero-order valence-corrected chi connectivity index (χ0v) is 10.0. The number of hydrogen-bond donors (Lipinski definition) is 2. The molecular formula is C12H22N2O2. The first-order valence-electron chi connectivity index (χ1n) is 6.29. The molecule has 2 N–H and O–H groups in total. The van der Waals surface area contributed by atoms with Gasteiger partial charge in [0, 0.05) is 25.0 Å². The van der Waals surface area contributed by atoms with Crippen molar-refractivity contribution in [1.29, 1.82) is 0 Å². The highest BCUT2D eigenvalue weighted by molar-refractivity contribution is 5.74. The average Bonchev–Trinajstić information content (AvgIpc) is 3.07. The van der Waals surface area contributed by atoms with Crippen molar-refractivity contribution in [3.63, 3.8) is 0 Å². The first kappa shape index (κ1) is 11.7. The van der Waals surface area contributed by atoms with Crippen LogP contribution in [0.5, 0.6) is 0 Å². The number of piperidine rings is 1. The number of amides is 2. The number of likely N-dealkylation sites (tertiary alicyclic amines) is 1. The van der Waals surface area contributed by atoms with Gasteiger partial charge < -0.3 is 15.3 Å². The van der Waals surface area contributed by atoms with Crippen LogP contribution >= 0.6 is 0 Å². The number of nitrogens with zero attached hydrogens (tertiary/aromatic N) is 1. The van der Waals surface area contributed by atoms with E-state index in [1.54, 1.807) is 0 Å². The van der Waals surface area contributed by atoms with Gasteiger partial charge in [-0.3, -0.25) is 0 Å². The lowest BCUT2D eigenvalue weighted by Crippen LogP contribution is -2.46. The molecule has 1 saturated heterocycles. The molecule has 2 amide bonds. The van der Waals surface area contributed by atoms with Gasteiger partial charge in [0.05, 0.1) is 6.61 Å². The lowest BCUT2D eigenvalue weighted by Gasteiger charge is -2.31. The maximum atomic E-state index is 11.9. The predicted molar refractivity (Wildman–Crippen MR) is 62.1 cm³/mol. The number of carbonyl (C=O) groups is 1. The summed E-state index contributed by atoms with van der Waals surface area (Å²) in [6.07, 6.45) is 4.42. The highest BCUT2D eigenvalue weighted by Gasteiger charge is 2.42. The summed E-state index contributed by atoms with van der Waals surface area (Å²) in [5, 5.41) is 12.1. The first-order chi connectivity index (χ1) is 7.65. The Morgan fingerprint density at radius 2 is 2.31 bits per heavy atom. The van der Waals surface area contributed by atoms with Gasteiger partial charge in [-0.1, -0.05) is 6.92 Å². The maximum Gasteiger partial charge on any atom is 0.317 e. The van der Waals surface area contributed by atoms with Crippen molar-refractivity contribution in [3.8, 4) is 0 Å². The number of urea groups is 1. The average molecular weight is 226 g/mol. The van der Waals surface area contributed by atoms with Gasteiger partial charge in [-0.2, -0.15) is 0 Å². The molecule has 2 rings (SSSR count). The molecule has 0 spiro atoms. The Labute approximate surface area is 97.0 Å². The molecule has 1 atom stereocenters. The normalized spacial score (nSPS) is 27.6. The third-order valence-electron chi connectivity index (χ3n) is 3.85. The zero-order valence-electron chi connectivity index (χ0n) is 10.0. The molecule has 1 aliphatic heterocycles. The predicted octanol–water partition coefficient (Wildman–Crippen LogP) is 1.20. The molecule has 1 unspecified atom stereocenters. The van der Waals surface area contributed by atoms with Crippen molar-refractivity contribution < 1.29 is 9.90 Å². The molecule has 2 aliphatic rings. The Morgan fingerprint density at radius 3 is 2.88 bits per heavy atom. The minimum atomic E-state index is 0.0110. The number of aliphatic hydroxyl groups is 1. The quantitative estimate of drug-likeness (QED) is 0.759. The van der Waals surface area contributed by atoms with Crippen LogP contribution in [0.25, 0.3) is 0 Å². The zero-order chi connectivity index (χ0) is 11.6. The van der Waals surface area contributed by atoms with Gasteiger partial charge in [0.2, 0.25) is 0 Å². The molecule has 4 heteroatoms. The van der Waals surface area contributed by atoms with Crippen molar-refractivity contribution in [2.45, 2.75) is 32.6 Å². The van der Waals surface area contributed by atoms with Crippen LogP contribution in [0.15, 0.2) is 0 Å². The third-order valence-corrected chi connectivity index (χ3v) is 3.85. The van der Waals surface area contributed by atoms with E-state index in [0.29, 0.717) is 12.5 Å². The minimum absolute atomic E-state index is 0.0110. The highest BCUT2D eigenvalue weighted by atomic mass is 16.3. The fraction of sp³-hybridized carbons (Fsp3) is 0.917. The van der Waals surface area contributed by atoms with E-state index < -0.39 is 0 Å². The van der Waals surface area contributed by atoms with Crippen LogP contribution in [-0.2, 0) is 0 Å². The maximum absolute atomic E-state index is 11.9. The molecule has 0 aromatic rings. The molecular weight excluding hydrogens is 204 g/mol. The van der Waals surface area contributed by atoms with Crippen molar-refractivity contribution in [3.05, 3.63) is 0 Å². The first-order valence-corrected chi connectivity index (χ1v) is 6.29. The number of carbonyl (C=O) groups excluding carboxylic acids is 1. The van der Waals surface area contributed by atoms with E-state index in [2.05, 4.69) is 12.2 Å². The molecule has 92 valence electrons. The van der Waals surface area contributed by atoms with Crippen LogP contribution in [0.1, 0.15) is 32.6 Å². The van der Waals surface area contributed by atoms with E-state index in [0.717, 1.165) is 32.4 Å². The van der Waals surface area contributed by atoms with Gasteiger partial charge in [-0.05, 0) is 31.6 Å². The second-order valence-electron chi connectivity index (χ2n) is 5.51. The Bertz CT molecular complexity index is 264. The van der Waals surface area contributed by atoms with E-state index in [4.69, 9.17) is 5.11 Å². The summed E-state index contributed by atoms with van der Waals surface area (Å²) in [7, 11) is 0. The van der Waals surface area contributed by atoms with Gasteiger partial charge in [0.25, 0.3) is 0 Å². The summed E-state index contributed by atoms with van der Waals surface area (Å²) in [5.41, 5.74) is 0.0110. The van der Waals surface area contributed by atoms with E-state index in [1.165, 1.54) is 6.42 Å². The second-order valence-corrected chi connectivity index (χ2v) is 5.51. The van der Waals surface area contributed by atoms with E-state index >= 15 is 0 Å². The SMILES string of the molecule is CC1CCCN(C(=O)NCC2(CO)CC2)C1. The topological polar surface area (TPSA) is 52.6 Å². The van der Waals surface area contributed by atoms with Crippen LogP contribution in [0.4, 0.5) is 4.79 Å². The van der Waals surface area contributed by atoms with Crippen molar-refractivity contribution >= 4 is 6.03 Å². The van der Waals surface area contributed by atoms with E-state index in [1.807, 2.05) is 4.90 Å². The molecule has 4 nitrogen and oxygen atoms in total. The molecule has 16 heavy (non-hydrogen) atoms. The van der Waals surface area contributed by atoms with Crippen LogP contribution in [-0.4, -0.2) is 42.3 Å². The second kappa shape index (κ2) is 4.62. The third kappa shape index (κ3) is 2.67. The molecule has 0 bridgehead atoms. The summed E-state index contributed by atoms with van der Waals surface area (Å²) >= 11 is 0. The Balaban J connectivity index is 1.75. The highest BCUT2D eigenvalue weighted by Crippen LogP contribution is 2.44. The van der Waals surface area contributed by atoms with Crippen LogP contribution in [0.3, 0.4) is 0 Å². The monoisotopic (exact) mass is 226 g/mol. The summed E-state index contributed by atoms with van der Waals surface area (Å²) < 4.78 is 0. The number of nitrogens with one attached hydrogen (secondary N) is 1. The summed E-state index contributed by atoms with van der Waals surface area (Å²) in [6.45, 7) is 4.77. The number of rotatable bonds is 3. The number of hydrogen-bond acceptors (Lipinski definition) is 2. The molecule has 1 saturated carbocycles. The number of aliphatic hydroxyl groups excluding tert-OH is 1. The molecule has 1 heterocycles. The molecule has 1 aliphatic carbocycles. The van der Waals surface area contributed by atoms with Gasteiger partial charge >= 0.3 is 6.03 Å². The summed E-state index contributed by atoms with van der Waals surface area (Å²) in [4.78, 5) is 13.8. The lowest BCUT2D eigenvalue weighted by atomic mass is 10.0. The molecule has 0 aromatic heterocycles. The summed E-state index contributed by atoms with van der Waals surface area (Å²) in [5.74, 6) is 0.618. The van der Waals surface area contributed by atoms with Gasteiger partial charge in [0.15, 0.2) is 0 Å². The fourth-order valence-corrected chi connectivity index (χ4v) is 2.32. The van der Waals surface area contributed by atoms with Crippen LogP contribution in [0.2, 0.25) is 0 Å². The van der Waals surface area contributed by atoms with Gasteiger partial charge in [-0.15, -0.1) is 0 Å². The van der Waals surface area contributed by atoms with Crippen molar-refractivity contribution in [2.75, 3.05) is 26.2 Å². The summed E-state index contributed by atoms with van der Waals surface area (Å²) in [6, 6.07) is 0.0475. The fourth-order valence-electron chi connectivity index (χ4n) is 2.32. The van der Waals surface area contributed by atoms with Crippen LogP contribution < -0.4 is 5.32 Å². The Hall–Kier alpha value is -0.770. The lowest BCUT2D eigenvalue weighted by molar-refractivity contribution is 0.161. The van der Waals surface area contributed by atoms with Crippen LogP contribution in [0, 0.1) is 11.3 Å². The minimum Gasteiger partial charge on any atom is -0.396 e. The molecule has 0 radical (unpaired) electrons. The smallest absolute Gasteiger partial charge is 0.317 e. The largest absolute Gasteiger partial charge is 0.396 e.